The van der Waals surface area contributed by atoms with Crippen LogP contribution in [-0.4, -0.2) is 45.2 Å². The summed E-state index contributed by atoms with van der Waals surface area (Å²) < 4.78 is 13.2. The number of aromatic nitrogens is 3. The molecule has 1 fully saturated rings. The van der Waals surface area contributed by atoms with Crippen LogP contribution in [0.15, 0.2) is 65.4 Å². The highest BCUT2D eigenvalue weighted by atomic mass is 16.5. The Morgan fingerprint density at radius 1 is 1.23 bits per heavy atom. The summed E-state index contributed by atoms with van der Waals surface area (Å²) in [7, 11) is 0. The van der Waals surface area contributed by atoms with E-state index in [0.717, 1.165) is 34.8 Å². The van der Waals surface area contributed by atoms with E-state index in [0.29, 0.717) is 25.5 Å². The number of imidazole rings is 1. The second-order valence-electron chi connectivity index (χ2n) is 7.40. The van der Waals surface area contributed by atoms with Crippen molar-refractivity contribution in [3.63, 3.8) is 0 Å². The van der Waals surface area contributed by atoms with Gasteiger partial charge in [0, 0.05) is 25.0 Å². The zero-order valence-electron chi connectivity index (χ0n) is 17.2. The third-order valence-electron chi connectivity index (χ3n) is 5.42. The Kier molecular flexibility index (Phi) is 5.03. The Bertz CT molecular complexity index is 1180. The number of fused-ring (bicyclic) bond motifs is 1. The van der Waals surface area contributed by atoms with Gasteiger partial charge in [-0.2, -0.15) is 0 Å². The van der Waals surface area contributed by atoms with Crippen molar-refractivity contribution >= 4 is 22.9 Å². The molecule has 31 heavy (non-hydrogen) atoms. The average molecular weight is 417 g/mol. The Hall–Kier alpha value is -3.81. The quantitative estimate of drug-likeness (QED) is 0.514. The highest BCUT2D eigenvalue weighted by Crippen LogP contribution is 2.32. The standard InChI is InChI=1S/C23H23N5O3/c1-2-30-18-9-7-16(8-10-18)25-23(29)27-13-11-17(15-27)28-21-19(5-3-12-24-21)26-22(28)20-6-4-14-31-20/h3-10,12,14,17H,2,11,13,15H2,1H3,(H,25,29)/t17-/m1/s1. The number of benzene rings is 1. The van der Waals surface area contributed by atoms with Gasteiger partial charge in [0.15, 0.2) is 17.2 Å². The summed E-state index contributed by atoms with van der Waals surface area (Å²) in [6.45, 7) is 3.77. The number of nitrogens with one attached hydrogen (secondary N) is 1. The number of carbonyl (C=O) groups is 1. The van der Waals surface area contributed by atoms with Crippen LogP contribution in [0.2, 0.25) is 0 Å². The molecular weight excluding hydrogens is 394 g/mol. The first-order chi connectivity index (χ1) is 15.2. The number of carbonyl (C=O) groups excluding carboxylic acids is 1. The van der Waals surface area contributed by atoms with Gasteiger partial charge in [-0.15, -0.1) is 0 Å². The molecular formula is C23H23N5O3. The fourth-order valence-electron chi connectivity index (χ4n) is 4.00. The maximum Gasteiger partial charge on any atom is 0.321 e. The van der Waals surface area contributed by atoms with Gasteiger partial charge in [0.05, 0.1) is 18.9 Å². The predicted octanol–water partition coefficient (Wildman–Crippen LogP) is 4.57. The predicted molar refractivity (Wildman–Crippen MR) is 117 cm³/mol. The molecule has 158 valence electrons. The highest BCUT2D eigenvalue weighted by molar-refractivity contribution is 5.89. The van der Waals surface area contributed by atoms with E-state index in [-0.39, 0.29) is 12.1 Å². The van der Waals surface area contributed by atoms with E-state index in [1.807, 2.05) is 60.4 Å². The molecule has 8 heteroatoms. The van der Waals surface area contributed by atoms with E-state index < -0.39 is 0 Å². The smallest absolute Gasteiger partial charge is 0.321 e. The van der Waals surface area contributed by atoms with Crippen LogP contribution in [0.3, 0.4) is 0 Å². The summed E-state index contributed by atoms with van der Waals surface area (Å²) in [5, 5.41) is 2.97. The third-order valence-corrected chi connectivity index (χ3v) is 5.42. The van der Waals surface area contributed by atoms with Crippen LogP contribution in [0, 0.1) is 0 Å². The summed E-state index contributed by atoms with van der Waals surface area (Å²) >= 11 is 0. The molecule has 4 aromatic rings. The molecule has 1 aromatic carbocycles. The highest BCUT2D eigenvalue weighted by Gasteiger charge is 2.31. The molecule has 0 saturated carbocycles. The SMILES string of the molecule is CCOc1ccc(NC(=O)N2CC[C@@H](n3c(-c4ccco4)nc4cccnc43)C2)cc1. The van der Waals surface area contributed by atoms with Crippen LogP contribution >= 0.6 is 0 Å². The number of amides is 2. The number of likely N-dealkylation sites (tertiary alicyclic amines) is 1. The number of anilines is 1. The van der Waals surface area contributed by atoms with Crippen LogP contribution in [-0.2, 0) is 0 Å². The third kappa shape index (κ3) is 3.72. The van der Waals surface area contributed by atoms with Crippen LogP contribution in [0.25, 0.3) is 22.7 Å². The lowest BCUT2D eigenvalue weighted by Gasteiger charge is -2.19. The minimum absolute atomic E-state index is 0.0612. The Labute approximate surface area is 179 Å². The van der Waals surface area contributed by atoms with Gasteiger partial charge in [-0.05, 0) is 61.9 Å². The zero-order chi connectivity index (χ0) is 21.2. The fraction of sp³-hybridized carbons (Fsp3) is 0.261. The molecule has 1 aliphatic heterocycles. The lowest BCUT2D eigenvalue weighted by molar-refractivity contribution is 0.221. The maximum atomic E-state index is 12.8. The molecule has 0 aliphatic carbocycles. The van der Waals surface area contributed by atoms with Crippen molar-refractivity contribution in [2.24, 2.45) is 0 Å². The van der Waals surface area contributed by atoms with Crippen molar-refractivity contribution in [3.8, 4) is 17.3 Å². The molecule has 1 atom stereocenters. The largest absolute Gasteiger partial charge is 0.494 e. The molecule has 0 bridgehead atoms. The monoisotopic (exact) mass is 417 g/mol. The molecule has 4 heterocycles. The number of hydrogen-bond acceptors (Lipinski definition) is 5. The van der Waals surface area contributed by atoms with Gasteiger partial charge in [-0.25, -0.2) is 14.8 Å². The van der Waals surface area contributed by atoms with Crippen LogP contribution in [0.1, 0.15) is 19.4 Å². The van der Waals surface area contributed by atoms with Gasteiger partial charge in [0.2, 0.25) is 0 Å². The van der Waals surface area contributed by atoms with Gasteiger partial charge in [0.25, 0.3) is 0 Å². The molecule has 1 N–H and O–H groups in total. The second-order valence-corrected chi connectivity index (χ2v) is 7.40. The first-order valence-corrected chi connectivity index (χ1v) is 10.4. The van der Waals surface area contributed by atoms with E-state index >= 15 is 0 Å². The minimum atomic E-state index is -0.122. The van der Waals surface area contributed by atoms with Gasteiger partial charge in [-0.1, -0.05) is 0 Å². The van der Waals surface area contributed by atoms with Crippen LogP contribution < -0.4 is 10.1 Å². The van der Waals surface area contributed by atoms with E-state index in [4.69, 9.17) is 14.1 Å². The lowest BCUT2D eigenvalue weighted by atomic mass is 10.2. The van der Waals surface area contributed by atoms with Crippen LogP contribution in [0.5, 0.6) is 5.75 Å². The van der Waals surface area contributed by atoms with E-state index in [1.165, 1.54) is 0 Å². The van der Waals surface area contributed by atoms with E-state index in [1.54, 1.807) is 12.5 Å². The van der Waals surface area contributed by atoms with Crippen molar-refractivity contribution in [1.29, 1.82) is 0 Å². The molecule has 8 nitrogen and oxygen atoms in total. The minimum Gasteiger partial charge on any atom is -0.494 e. The first-order valence-electron chi connectivity index (χ1n) is 10.4. The molecule has 1 saturated heterocycles. The number of hydrogen-bond donors (Lipinski definition) is 1. The number of ether oxygens (including phenoxy) is 1. The van der Waals surface area contributed by atoms with Crippen molar-refractivity contribution in [2.45, 2.75) is 19.4 Å². The summed E-state index contributed by atoms with van der Waals surface area (Å²) in [5.74, 6) is 2.21. The zero-order valence-corrected chi connectivity index (χ0v) is 17.2. The Balaban J connectivity index is 1.35. The Morgan fingerprint density at radius 2 is 2.10 bits per heavy atom. The van der Waals surface area contributed by atoms with Crippen LogP contribution in [0.4, 0.5) is 10.5 Å². The topological polar surface area (TPSA) is 85.4 Å². The molecule has 3 aromatic heterocycles. The molecule has 0 radical (unpaired) electrons. The number of nitrogens with zero attached hydrogens (tertiary/aromatic N) is 4. The number of furan rings is 1. The Morgan fingerprint density at radius 3 is 2.87 bits per heavy atom. The molecule has 1 aliphatic rings. The first kappa shape index (κ1) is 19.2. The average Bonchev–Trinajstić information content (AvgIpc) is 3.53. The molecule has 5 rings (SSSR count). The number of urea groups is 1. The van der Waals surface area contributed by atoms with E-state index in [2.05, 4.69) is 14.9 Å². The van der Waals surface area contributed by atoms with Crippen molar-refractivity contribution < 1.29 is 13.9 Å². The molecule has 0 spiro atoms. The molecule has 2 amide bonds. The summed E-state index contributed by atoms with van der Waals surface area (Å²) in [4.78, 5) is 23.9. The van der Waals surface area contributed by atoms with E-state index in [9.17, 15) is 4.79 Å². The normalized spacial score (nSPS) is 16.0. The summed E-state index contributed by atoms with van der Waals surface area (Å²) in [5.41, 5.74) is 2.35. The summed E-state index contributed by atoms with van der Waals surface area (Å²) in [6, 6.07) is 14.9. The summed E-state index contributed by atoms with van der Waals surface area (Å²) in [6.07, 6.45) is 4.21. The maximum absolute atomic E-state index is 12.8. The molecule has 0 unspecified atom stereocenters. The van der Waals surface area contributed by atoms with Gasteiger partial charge < -0.3 is 23.9 Å². The number of pyridine rings is 1. The van der Waals surface area contributed by atoms with Crippen molar-refractivity contribution in [1.82, 2.24) is 19.4 Å². The second kappa shape index (κ2) is 8.14. The fourth-order valence-corrected chi connectivity index (χ4v) is 4.00. The van der Waals surface area contributed by atoms with Gasteiger partial charge in [0.1, 0.15) is 11.3 Å². The lowest BCUT2D eigenvalue weighted by Crippen LogP contribution is -2.33. The van der Waals surface area contributed by atoms with Gasteiger partial charge in [-0.3, -0.25) is 0 Å². The number of rotatable bonds is 5. The van der Waals surface area contributed by atoms with Crippen molar-refractivity contribution in [2.75, 3.05) is 25.0 Å². The van der Waals surface area contributed by atoms with Crippen molar-refractivity contribution in [3.05, 3.63) is 61.0 Å². The van der Waals surface area contributed by atoms with Gasteiger partial charge >= 0.3 is 6.03 Å².